The van der Waals surface area contributed by atoms with Gasteiger partial charge in [-0.2, -0.15) is 9.90 Å². The van der Waals surface area contributed by atoms with Crippen molar-refractivity contribution in [1.82, 2.24) is 0 Å². The molecule has 0 aliphatic rings. The Morgan fingerprint density at radius 1 is 1.25 bits per heavy atom. The molecule has 1 unspecified atom stereocenters. The zero-order valence-electron chi connectivity index (χ0n) is 5.02. The summed E-state index contributed by atoms with van der Waals surface area (Å²) in [7, 11) is 0. The molecule has 0 aromatic heterocycles. The third-order valence-corrected chi connectivity index (χ3v) is 1.05. The second kappa shape index (κ2) is 23.6. The molecule has 1 atom stereocenters. The Morgan fingerprint density at radius 3 is 1.62 bits per heavy atom. The van der Waals surface area contributed by atoms with Crippen LogP contribution in [0.3, 0.4) is 0 Å². The van der Waals surface area contributed by atoms with Gasteiger partial charge in [-0.25, -0.2) is 0 Å². The van der Waals surface area contributed by atoms with Crippen LogP contribution in [-0.4, -0.2) is 5.33 Å². The Bertz CT molecular complexity index is 21.5. The van der Waals surface area contributed by atoms with Gasteiger partial charge in [0.05, 0.1) is 0 Å². The third-order valence-electron chi connectivity index (χ3n) is 0.487. The lowest BCUT2D eigenvalue weighted by atomic mass is 10.4. The number of unbranched alkanes of at least 4 members (excludes halogenated alkanes) is 1. The molecular formula is C4H14BrCl2P. The fourth-order valence-corrected chi connectivity index (χ4v) is 0.694. The van der Waals surface area contributed by atoms with Crippen LogP contribution in [0.2, 0.25) is 0 Å². The van der Waals surface area contributed by atoms with Gasteiger partial charge in [-0.1, -0.05) is 29.3 Å². The molecule has 56 valence electrons. The van der Waals surface area contributed by atoms with E-state index in [1.165, 1.54) is 12.8 Å². The molecule has 0 bridgehead atoms. The predicted molar refractivity (Wildman–Crippen MR) is 54.3 cm³/mol. The van der Waals surface area contributed by atoms with Crippen molar-refractivity contribution in [2.24, 2.45) is 0 Å². The van der Waals surface area contributed by atoms with Gasteiger partial charge in [0.1, 0.15) is 0 Å². The van der Waals surface area contributed by atoms with Crippen LogP contribution in [0.5, 0.6) is 0 Å². The van der Waals surface area contributed by atoms with E-state index in [4.69, 9.17) is 0 Å². The molecule has 4 heteroatoms. The van der Waals surface area contributed by atoms with Crippen molar-refractivity contribution < 1.29 is 0 Å². The minimum absolute atomic E-state index is 0. The average Bonchev–Trinajstić information content (AvgIpc) is 1.41. The molecule has 0 aliphatic carbocycles. The average molecular weight is 244 g/mol. The maximum atomic E-state index is 3.31. The number of hydrogen-bond donors (Lipinski definition) is 0. The number of halogens is 3. The molecule has 0 radical (unpaired) electrons. The van der Waals surface area contributed by atoms with Gasteiger partial charge in [-0.15, -0.1) is 24.8 Å². The van der Waals surface area contributed by atoms with Crippen LogP contribution in [0.1, 0.15) is 19.8 Å². The van der Waals surface area contributed by atoms with Crippen LogP contribution in [-0.2, 0) is 0 Å². The van der Waals surface area contributed by atoms with Gasteiger partial charge in [-0.3, -0.25) is 0 Å². The first-order valence-electron chi connectivity index (χ1n) is 1.97. The molecule has 0 aliphatic heterocycles. The maximum Gasteiger partial charge on any atom is 0.00312 e. The Kier molecular flexibility index (Phi) is 67.0. The first kappa shape index (κ1) is 22.7. The lowest BCUT2D eigenvalue weighted by Gasteiger charge is -1.77. The maximum absolute atomic E-state index is 3.31. The first-order chi connectivity index (χ1) is 2.41. The van der Waals surface area contributed by atoms with E-state index in [0.29, 0.717) is 0 Å². The predicted octanol–water partition coefficient (Wildman–Crippen LogP) is 3.08. The quantitative estimate of drug-likeness (QED) is 0.517. The molecule has 0 N–H and O–H groups in total. The third kappa shape index (κ3) is 25.9. The molecule has 0 fully saturated rings. The summed E-state index contributed by atoms with van der Waals surface area (Å²) in [5.41, 5.74) is 0. The highest BCUT2D eigenvalue weighted by Crippen LogP contribution is 1.89. The summed E-state index contributed by atoms with van der Waals surface area (Å²) >= 11 is 3.31. The molecule has 0 heterocycles. The van der Waals surface area contributed by atoms with Crippen LogP contribution in [0.4, 0.5) is 0 Å². The monoisotopic (exact) mass is 242 g/mol. The van der Waals surface area contributed by atoms with Crippen molar-refractivity contribution in [3.8, 4) is 0 Å². The van der Waals surface area contributed by atoms with Crippen LogP contribution < -0.4 is 0 Å². The van der Waals surface area contributed by atoms with E-state index in [1.54, 1.807) is 0 Å². The molecule has 0 nitrogen and oxygen atoms in total. The van der Waals surface area contributed by atoms with Crippen molar-refractivity contribution in [3.05, 3.63) is 0 Å². The molecule has 8 heavy (non-hydrogen) atoms. The smallest absolute Gasteiger partial charge is 0.00312 e. The van der Waals surface area contributed by atoms with Gasteiger partial charge in [0.2, 0.25) is 0 Å². The highest BCUT2D eigenvalue weighted by Gasteiger charge is 1.69. The zero-order valence-corrected chi connectivity index (χ0v) is 9.66. The highest BCUT2D eigenvalue weighted by atomic mass is 79.9. The zero-order chi connectivity index (χ0) is 4.12. The summed E-state index contributed by atoms with van der Waals surface area (Å²) < 4.78 is 0. The van der Waals surface area contributed by atoms with Crippen molar-refractivity contribution in [3.63, 3.8) is 0 Å². The normalized spacial score (nSPS) is 5.25. The Labute approximate surface area is 75.8 Å². The van der Waals surface area contributed by atoms with Crippen LogP contribution in [0.25, 0.3) is 0 Å². The summed E-state index contributed by atoms with van der Waals surface area (Å²) in [5.74, 6) is 0. The lowest BCUT2D eigenvalue weighted by Crippen LogP contribution is -1.64. The largest absolute Gasteiger partial charge is 0.153 e. The van der Waals surface area contributed by atoms with Crippen molar-refractivity contribution >= 4 is 50.6 Å². The lowest BCUT2D eigenvalue weighted by molar-refractivity contribution is 0.902. The number of rotatable bonds is 2. The fourth-order valence-electron chi connectivity index (χ4n) is 0.134. The second-order valence-electron chi connectivity index (χ2n) is 1.04. The molecular weight excluding hydrogens is 230 g/mol. The van der Waals surface area contributed by atoms with E-state index < -0.39 is 0 Å². The summed E-state index contributed by atoms with van der Waals surface area (Å²) in [6.07, 6.45) is 2.60. The Hall–Kier alpha value is 1.49. The highest BCUT2D eigenvalue weighted by molar-refractivity contribution is 9.09. The standard InChI is InChI=1S/C4H9Br.2ClH.H3P/c1-2-3-4-5;;;/h2-4H2,1H3;2*1H;1H3. The molecule has 0 saturated heterocycles. The molecule has 0 amide bonds. The van der Waals surface area contributed by atoms with Gasteiger partial charge in [0.25, 0.3) is 0 Å². The summed E-state index contributed by atoms with van der Waals surface area (Å²) in [5, 5.41) is 1.16. The molecule has 0 saturated carbocycles. The van der Waals surface area contributed by atoms with E-state index >= 15 is 0 Å². The summed E-state index contributed by atoms with van der Waals surface area (Å²) in [4.78, 5) is 0. The summed E-state index contributed by atoms with van der Waals surface area (Å²) in [6.45, 7) is 2.18. The minimum atomic E-state index is 0. The minimum Gasteiger partial charge on any atom is -0.153 e. The van der Waals surface area contributed by atoms with Crippen molar-refractivity contribution in [2.45, 2.75) is 19.8 Å². The van der Waals surface area contributed by atoms with Gasteiger partial charge >= 0.3 is 0 Å². The van der Waals surface area contributed by atoms with Crippen LogP contribution >= 0.6 is 50.6 Å². The van der Waals surface area contributed by atoms with Crippen molar-refractivity contribution in [1.29, 1.82) is 0 Å². The van der Waals surface area contributed by atoms with Crippen LogP contribution in [0.15, 0.2) is 0 Å². The topological polar surface area (TPSA) is 0 Å². The van der Waals surface area contributed by atoms with Gasteiger partial charge in [0, 0.05) is 5.33 Å². The second-order valence-corrected chi connectivity index (χ2v) is 1.84. The van der Waals surface area contributed by atoms with E-state index in [2.05, 4.69) is 22.9 Å². The van der Waals surface area contributed by atoms with E-state index in [-0.39, 0.29) is 34.7 Å². The molecule has 0 spiro atoms. The Balaban J connectivity index is -0.0000000267. The van der Waals surface area contributed by atoms with Gasteiger partial charge in [0.15, 0.2) is 0 Å². The number of hydrogen-bond acceptors (Lipinski definition) is 0. The van der Waals surface area contributed by atoms with Crippen molar-refractivity contribution in [2.75, 3.05) is 5.33 Å². The number of alkyl halides is 1. The van der Waals surface area contributed by atoms with E-state index in [1.807, 2.05) is 0 Å². The van der Waals surface area contributed by atoms with E-state index in [9.17, 15) is 0 Å². The fraction of sp³-hybridized carbons (Fsp3) is 1.00. The molecule has 0 rings (SSSR count). The molecule has 0 aromatic carbocycles. The Morgan fingerprint density at radius 2 is 1.62 bits per heavy atom. The van der Waals surface area contributed by atoms with Gasteiger partial charge < -0.3 is 0 Å². The first-order valence-corrected chi connectivity index (χ1v) is 3.10. The summed E-state index contributed by atoms with van der Waals surface area (Å²) in [6, 6.07) is 0. The SMILES string of the molecule is CCCCBr.Cl.Cl.P. The van der Waals surface area contributed by atoms with Crippen LogP contribution in [0, 0.1) is 0 Å². The van der Waals surface area contributed by atoms with E-state index in [0.717, 1.165) is 5.33 Å². The molecule has 0 aromatic rings. The van der Waals surface area contributed by atoms with Gasteiger partial charge in [-0.05, 0) is 6.42 Å².